The van der Waals surface area contributed by atoms with E-state index in [4.69, 9.17) is 4.42 Å². The molecule has 0 aliphatic carbocycles. The molecule has 0 aliphatic heterocycles. The molecule has 2 aromatic carbocycles. The zero-order valence-corrected chi connectivity index (χ0v) is 17.2. The summed E-state index contributed by atoms with van der Waals surface area (Å²) in [5, 5.41) is 8.53. The summed E-state index contributed by atoms with van der Waals surface area (Å²) in [4.78, 5) is 5.12. The molecular weight excluding hydrogens is 410 g/mol. The number of nitrogens with one attached hydrogen (secondary N) is 1. The lowest BCUT2D eigenvalue weighted by molar-refractivity contribution is 0.521. The van der Waals surface area contributed by atoms with Crippen molar-refractivity contribution in [3.63, 3.8) is 0 Å². The van der Waals surface area contributed by atoms with Crippen molar-refractivity contribution < 1.29 is 12.8 Å². The van der Waals surface area contributed by atoms with E-state index < -0.39 is 10.0 Å². The summed E-state index contributed by atoms with van der Waals surface area (Å²) in [6.45, 7) is 1.75. The summed E-state index contributed by atoms with van der Waals surface area (Å²) in [6.07, 6.45) is 3.13. The van der Waals surface area contributed by atoms with Crippen molar-refractivity contribution in [2.75, 3.05) is 4.72 Å². The van der Waals surface area contributed by atoms with Crippen LogP contribution in [0.2, 0.25) is 0 Å². The van der Waals surface area contributed by atoms with Gasteiger partial charge in [0, 0.05) is 24.4 Å². The normalized spacial score (nSPS) is 11.5. The highest BCUT2D eigenvalue weighted by molar-refractivity contribution is 7.99. The maximum Gasteiger partial charge on any atom is 0.261 e. The largest absolute Gasteiger partial charge is 0.449 e. The number of hydrogen-bond acceptors (Lipinski definition) is 7. The van der Waals surface area contributed by atoms with E-state index in [1.54, 1.807) is 54.2 Å². The van der Waals surface area contributed by atoms with Gasteiger partial charge in [-0.2, -0.15) is 0 Å². The third-order valence-electron chi connectivity index (χ3n) is 4.08. The summed E-state index contributed by atoms with van der Waals surface area (Å²) in [5.74, 6) is 0.551. The standard InChI is InChI=1S/C19H17N5O3S2/c1-13-21-17(11-27-13)14-7-9-15(10-8-14)29(25,26)23-16-5-3-4-6-18(16)28-19-22-20-12-24(19)2/h3-12,23H,1-2H3. The Kier molecular flexibility index (Phi) is 5.12. The topological polar surface area (TPSA) is 103 Å². The Hall–Kier alpha value is -3.11. The molecule has 29 heavy (non-hydrogen) atoms. The number of benzene rings is 2. The molecule has 0 aliphatic rings. The number of hydrogen-bond donors (Lipinski definition) is 1. The minimum atomic E-state index is -3.77. The van der Waals surface area contributed by atoms with Gasteiger partial charge in [0.05, 0.1) is 10.6 Å². The Morgan fingerprint density at radius 3 is 2.52 bits per heavy atom. The van der Waals surface area contributed by atoms with Gasteiger partial charge in [-0.25, -0.2) is 13.4 Å². The number of anilines is 1. The second-order valence-corrected chi connectivity index (χ2v) is 8.90. The van der Waals surface area contributed by atoms with Gasteiger partial charge in [0.25, 0.3) is 10.0 Å². The van der Waals surface area contributed by atoms with Crippen LogP contribution in [0.4, 0.5) is 5.69 Å². The lowest BCUT2D eigenvalue weighted by atomic mass is 10.2. The van der Waals surface area contributed by atoms with Gasteiger partial charge >= 0.3 is 0 Å². The molecule has 10 heteroatoms. The Bertz CT molecular complexity index is 1250. The molecule has 0 saturated heterocycles. The van der Waals surface area contributed by atoms with Gasteiger partial charge in [-0.15, -0.1) is 10.2 Å². The van der Waals surface area contributed by atoms with E-state index in [9.17, 15) is 8.42 Å². The molecule has 1 N–H and O–H groups in total. The van der Waals surface area contributed by atoms with Crippen LogP contribution < -0.4 is 4.72 Å². The molecular formula is C19H17N5O3S2. The van der Waals surface area contributed by atoms with E-state index >= 15 is 0 Å². The Morgan fingerprint density at radius 2 is 1.86 bits per heavy atom. The predicted octanol–water partition coefficient (Wildman–Crippen LogP) is 3.73. The van der Waals surface area contributed by atoms with Crippen LogP contribution in [-0.2, 0) is 17.1 Å². The summed E-state index contributed by atoms with van der Waals surface area (Å²) in [6, 6.07) is 13.6. The van der Waals surface area contributed by atoms with Crippen molar-refractivity contribution in [2.24, 2.45) is 7.05 Å². The first-order chi connectivity index (χ1) is 13.9. The molecule has 0 atom stereocenters. The zero-order valence-electron chi connectivity index (χ0n) is 15.6. The second kappa shape index (κ2) is 7.72. The Balaban J connectivity index is 1.58. The van der Waals surface area contributed by atoms with E-state index in [-0.39, 0.29) is 4.90 Å². The van der Waals surface area contributed by atoms with Crippen LogP contribution in [0.15, 0.2) is 80.5 Å². The first-order valence-corrected chi connectivity index (χ1v) is 10.9. The first-order valence-electron chi connectivity index (χ1n) is 8.59. The molecule has 0 fully saturated rings. The van der Waals surface area contributed by atoms with Crippen LogP contribution in [0.25, 0.3) is 11.3 Å². The average molecular weight is 428 g/mol. The molecule has 0 amide bonds. The molecule has 0 radical (unpaired) electrons. The Labute approximate surface area is 172 Å². The third kappa shape index (κ3) is 4.17. The van der Waals surface area contributed by atoms with Crippen LogP contribution in [-0.4, -0.2) is 28.2 Å². The maximum absolute atomic E-state index is 12.9. The zero-order chi connectivity index (χ0) is 20.4. The van der Waals surface area contributed by atoms with E-state index in [0.29, 0.717) is 22.4 Å². The van der Waals surface area contributed by atoms with Crippen LogP contribution in [0, 0.1) is 6.92 Å². The summed E-state index contributed by atoms with van der Waals surface area (Å²) in [7, 11) is -1.94. The minimum absolute atomic E-state index is 0.153. The van der Waals surface area contributed by atoms with Gasteiger partial charge in [0.1, 0.15) is 18.3 Å². The predicted molar refractivity (Wildman–Crippen MR) is 109 cm³/mol. The molecule has 2 aromatic heterocycles. The van der Waals surface area contributed by atoms with Gasteiger partial charge in [0.2, 0.25) is 0 Å². The fourth-order valence-corrected chi connectivity index (χ4v) is 4.60. The maximum atomic E-state index is 12.9. The molecule has 4 aromatic rings. The number of sulfonamides is 1. The van der Waals surface area contributed by atoms with E-state index in [1.807, 2.05) is 19.2 Å². The average Bonchev–Trinajstić information content (AvgIpc) is 3.32. The first kappa shape index (κ1) is 19.2. The van der Waals surface area contributed by atoms with Crippen LogP contribution in [0.5, 0.6) is 0 Å². The lowest BCUT2D eigenvalue weighted by Gasteiger charge is -2.12. The molecule has 0 bridgehead atoms. The highest BCUT2D eigenvalue weighted by Gasteiger charge is 2.17. The highest BCUT2D eigenvalue weighted by atomic mass is 32.2. The summed E-state index contributed by atoms with van der Waals surface area (Å²) in [5.41, 5.74) is 1.90. The van der Waals surface area contributed by atoms with E-state index in [2.05, 4.69) is 19.9 Å². The Morgan fingerprint density at radius 1 is 1.10 bits per heavy atom. The van der Waals surface area contributed by atoms with Crippen molar-refractivity contribution in [1.29, 1.82) is 0 Å². The van der Waals surface area contributed by atoms with Gasteiger partial charge < -0.3 is 8.98 Å². The van der Waals surface area contributed by atoms with Crippen molar-refractivity contribution in [1.82, 2.24) is 19.7 Å². The number of rotatable bonds is 6. The molecule has 0 saturated carbocycles. The third-order valence-corrected chi connectivity index (χ3v) is 6.59. The number of aromatic nitrogens is 4. The summed E-state index contributed by atoms with van der Waals surface area (Å²) < 4.78 is 35.4. The van der Waals surface area contributed by atoms with Gasteiger partial charge in [-0.05, 0) is 36.0 Å². The van der Waals surface area contributed by atoms with Crippen molar-refractivity contribution in [3.8, 4) is 11.3 Å². The van der Waals surface area contributed by atoms with Crippen molar-refractivity contribution >= 4 is 27.5 Å². The lowest BCUT2D eigenvalue weighted by Crippen LogP contribution is -2.13. The second-order valence-electron chi connectivity index (χ2n) is 6.20. The molecule has 148 valence electrons. The van der Waals surface area contributed by atoms with Crippen molar-refractivity contribution in [3.05, 3.63) is 67.0 Å². The molecule has 2 heterocycles. The molecule has 0 unspecified atom stereocenters. The number of aryl methyl sites for hydroxylation is 2. The number of nitrogens with zero attached hydrogens (tertiary/aromatic N) is 4. The minimum Gasteiger partial charge on any atom is -0.449 e. The fraction of sp³-hybridized carbons (Fsp3) is 0.105. The molecule has 8 nitrogen and oxygen atoms in total. The smallest absolute Gasteiger partial charge is 0.261 e. The quantitative estimate of drug-likeness (QED) is 0.500. The van der Waals surface area contributed by atoms with Crippen LogP contribution in [0.3, 0.4) is 0 Å². The van der Waals surface area contributed by atoms with E-state index in [1.165, 1.54) is 18.0 Å². The SMILES string of the molecule is Cc1nc(-c2ccc(S(=O)(=O)Nc3ccccc3Sc3nncn3C)cc2)co1. The number of para-hydroxylation sites is 1. The van der Waals surface area contributed by atoms with Crippen LogP contribution in [0.1, 0.15) is 5.89 Å². The number of oxazole rings is 1. The highest BCUT2D eigenvalue weighted by Crippen LogP contribution is 2.33. The van der Waals surface area contributed by atoms with E-state index in [0.717, 1.165) is 10.5 Å². The van der Waals surface area contributed by atoms with Gasteiger partial charge in [-0.3, -0.25) is 4.72 Å². The molecule has 0 spiro atoms. The summed E-state index contributed by atoms with van der Waals surface area (Å²) >= 11 is 1.33. The van der Waals surface area contributed by atoms with Crippen molar-refractivity contribution in [2.45, 2.75) is 21.9 Å². The van der Waals surface area contributed by atoms with Crippen LogP contribution >= 0.6 is 11.8 Å². The monoisotopic (exact) mass is 427 g/mol. The van der Waals surface area contributed by atoms with Gasteiger partial charge in [-0.1, -0.05) is 24.3 Å². The molecule has 4 rings (SSSR count). The fourth-order valence-electron chi connectivity index (χ4n) is 2.61. The van der Waals surface area contributed by atoms with Gasteiger partial charge in [0.15, 0.2) is 11.0 Å².